The van der Waals surface area contributed by atoms with Gasteiger partial charge in [0.05, 0.1) is 17.7 Å². The van der Waals surface area contributed by atoms with Crippen molar-refractivity contribution in [2.75, 3.05) is 18.0 Å². The van der Waals surface area contributed by atoms with Gasteiger partial charge in [-0.15, -0.1) is 0 Å². The maximum absolute atomic E-state index is 12.7. The number of hydrogen-bond acceptors (Lipinski definition) is 5. The highest BCUT2D eigenvalue weighted by molar-refractivity contribution is 6.11. The van der Waals surface area contributed by atoms with E-state index in [0.717, 1.165) is 12.3 Å². The first-order chi connectivity index (χ1) is 15.7. The summed E-state index contributed by atoms with van der Waals surface area (Å²) in [5.41, 5.74) is 6.37. The van der Waals surface area contributed by atoms with Gasteiger partial charge in [-0.1, -0.05) is 30.3 Å². The van der Waals surface area contributed by atoms with Crippen molar-refractivity contribution in [3.63, 3.8) is 0 Å². The molecule has 170 valence electrons. The minimum absolute atomic E-state index is 0.0915. The number of benzene rings is 2. The first-order valence-corrected chi connectivity index (χ1v) is 10.2. The summed E-state index contributed by atoms with van der Waals surface area (Å²) in [7, 11) is 0. The molecule has 4 rings (SSSR count). The molecule has 0 radical (unpaired) electrons. The molecule has 3 aromatic rings. The van der Waals surface area contributed by atoms with Gasteiger partial charge in [0.1, 0.15) is 6.10 Å². The summed E-state index contributed by atoms with van der Waals surface area (Å²) in [6, 6.07) is 15.6. The quantitative estimate of drug-likeness (QED) is 0.566. The number of hydrogen-bond donors (Lipinski definition) is 1. The predicted octanol–water partition coefficient (Wildman–Crippen LogP) is 4.09. The van der Waals surface area contributed by atoms with Gasteiger partial charge in [0, 0.05) is 42.0 Å². The van der Waals surface area contributed by atoms with Gasteiger partial charge in [-0.05, 0) is 24.3 Å². The van der Waals surface area contributed by atoms with E-state index in [9.17, 15) is 22.8 Å². The van der Waals surface area contributed by atoms with Crippen molar-refractivity contribution < 1.29 is 27.5 Å². The van der Waals surface area contributed by atoms with Crippen molar-refractivity contribution in [1.29, 1.82) is 0 Å². The number of ketones is 1. The molecule has 0 unspecified atom stereocenters. The zero-order valence-corrected chi connectivity index (χ0v) is 17.4. The molecular formula is C24H20F3N3O3. The lowest BCUT2D eigenvalue weighted by Crippen LogP contribution is -2.27. The third-order valence-corrected chi connectivity index (χ3v) is 5.40. The number of anilines is 1. The number of alkyl halides is 3. The van der Waals surface area contributed by atoms with Crippen molar-refractivity contribution in [1.82, 2.24) is 4.98 Å². The molecule has 2 N–H and O–H groups in total. The normalized spacial score (nSPS) is 16.0. The molecular weight excluding hydrogens is 435 g/mol. The number of halogens is 3. The number of pyridine rings is 1. The predicted molar refractivity (Wildman–Crippen MR) is 115 cm³/mol. The van der Waals surface area contributed by atoms with Gasteiger partial charge >= 0.3 is 6.18 Å². The van der Waals surface area contributed by atoms with E-state index in [1.54, 1.807) is 42.5 Å². The summed E-state index contributed by atoms with van der Waals surface area (Å²) < 4.78 is 43.8. The number of amides is 1. The van der Waals surface area contributed by atoms with Gasteiger partial charge in [0.15, 0.2) is 5.78 Å². The Morgan fingerprint density at radius 3 is 2.42 bits per heavy atom. The number of nitrogens with zero attached hydrogens (tertiary/aromatic N) is 2. The molecule has 0 saturated carbocycles. The van der Waals surface area contributed by atoms with E-state index >= 15 is 0 Å². The molecule has 1 atom stereocenters. The number of primary amides is 1. The summed E-state index contributed by atoms with van der Waals surface area (Å²) >= 11 is 0. The number of carbonyl (C=O) groups is 2. The molecule has 1 fully saturated rings. The van der Waals surface area contributed by atoms with E-state index in [1.807, 2.05) is 4.90 Å². The summed E-state index contributed by atoms with van der Waals surface area (Å²) in [5, 5.41) is 0. The van der Waals surface area contributed by atoms with Crippen LogP contribution in [-0.2, 0) is 6.18 Å². The Kier molecular flexibility index (Phi) is 6.04. The maximum Gasteiger partial charge on any atom is 0.417 e. The van der Waals surface area contributed by atoms with E-state index in [4.69, 9.17) is 10.5 Å². The fourth-order valence-corrected chi connectivity index (χ4v) is 3.74. The van der Waals surface area contributed by atoms with Gasteiger partial charge in [-0.25, -0.2) is 4.98 Å². The highest BCUT2D eigenvalue weighted by Gasteiger charge is 2.31. The summed E-state index contributed by atoms with van der Waals surface area (Å²) in [6.45, 7) is 0.923. The summed E-state index contributed by atoms with van der Waals surface area (Å²) in [4.78, 5) is 30.5. The van der Waals surface area contributed by atoms with Gasteiger partial charge in [0.2, 0.25) is 5.88 Å². The Balaban J connectivity index is 1.49. The second-order valence-electron chi connectivity index (χ2n) is 7.65. The largest absolute Gasteiger partial charge is 0.472 e. The van der Waals surface area contributed by atoms with Crippen molar-refractivity contribution in [3.8, 4) is 5.88 Å². The molecule has 6 nitrogen and oxygen atoms in total. The van der Waals surface area contributed by atoms with Crippen LogP contribution >= 0.6 is 0 Å². The molecule has 1 aliphatic rings. The van der Waals surface area contributed by atoms with Crippen molar-refractivity contribution >= 4 is 17.4 Å². The molecule has 0 bridgehead atoms. The molecule has 1 saturated heterocycles. The molecule has 1 aromatic heterocycles. The van der Waals surface area contributed by atoms with Crippen LogP contribution in [-0.4, -0.2) is 35.9 Å². The smallest absolute Gasteiger partial charge is 0.417 e. The zero-order valence-electron chi connectivity index (χ0n) is 17.4. The monoisotopic (exact) mass is 455 g/mol. The number of nitrogens with two attached hydrogens (primary N) is 1. The lowest BCUT2D eigenvalue weighted by atomic mass is 9.99. The third-order valence-electron chi connectivity index (χ3n) is 5.40. The minimum Gasteiger partial charge on any atom is -0.472 e. The highest BCUT2D eigenvalue weighted by atomic mass is 19.4. The van der Waals surface area contributed by atoms with Crippen LogP contribution in [0.1, 0.15) is 38.3 Å². The second kappa shape index (κ2) is 8.93. The van der Waals surface area contributed by atoms with E-state index in [1.165, 1.54) is 12.1 Å². The maximum atomic E-state index is 12.7. The molecule has 0 aliphatic carbocycles. The minimum atomic E-state index is -4.46. The molecule has 9 heteroatoms. The Morgan fingerprint density at radius 2 is 1.79 bits per heavy atom. The van der Waals surface area contributed by atoms with Crippen LogP contribution in [0.15, 0.2) is 66.9 Å². The SMILES string of the molecule is NC(=O)c1cc(C(=O)c2ccccc2)ccc1N1CC[C@@H](Oc2ccc(C(F)(F)F)cn2)C1. The highest BCUT2D eigenvalue weighted by Crippen LogP contribution is 2.31. The third kappa shape index (κ3) is 4.97. The topological polar surface area (TPSA) is 85.5 Å². The van der Waals surface area contributed by atoms with E-state index in [-0.39, 0.29) is 23.3 Å². The van der Waals surface area contributed by atoms with Gasteiger partial charge < -0.3 is 15.4 Å². The van der Waals surface area contributed by atoms with Crippen LogP contribution in [0.4, 0.5) is 18.9 Å². The van der Waals surface area contributed by atoms with Crippen molar-refractivity contribution in [3.05, 3.63) is 89.1 Å². The first-order valence-electron chi connectivity index (χ1n) is 10.2. The molecule has 1 aliphatic heterocycles. The number of rotatable bonds is 6. The van der Waals surface area contributed by atoms with E-state index in [2.05, 4.69) is 4.98 Å². The lowest BCUT2D eigenvalue weighted by Gasteiger charge is -2.21. The first kappa shape index (κ1) is 22.3. The zero-order chi connectivity index (χ0) is 23.6. The van der Waals surface area contributed by atoms with Crippen LogP contribution in [0, 0.1) is 0 Å². The summed E-state index contributed by atoms with van der Waals surface area (Å²) in [6.07, 6.45) is -3.49. The van der Waals surface area contributed by atoms with Crippen LogP contribution in [0.5, 0.6) is 5.88 Å². The molecule has 1 amide bonds. The van der Waals surface area contributed by atoms with Crippen LogP contribution in [0.25, 0.3) is 0 Å². The molecule has 2 aromatic carbocycles. The van der Waals surface area contributed by atoms with Crippen molar-refractivity contribution in [2.24, 2.45) is 5.73 Å². The molecule has 0 spiro atoms. The Bertz CT molecular complexity index is 1170. The summed E-state index contributed by atoms with van der Waals surface area (Å²) in [5.74, 6) is -0.795. The number of aromatic nitrogens is 1. The average molecular weight is 455 g/mol. The Hall–Kier alpha value is -3.88. The Labute approximate surface area is 187 Å². The van der Waals surface area contributed by atoms with Gasteiger partial charge in [0.25, 0.3) is 5.91 Å². The van der Waals surface area contributed by atoms with Crippen molar-refractivity contribution in [2.45, 2.75) is 18.7 Å². The van der Waals surface area contributed by atoms with Crippen LogP contribution in [0.2, 0.25) is 0 Å². The Morgan fingerprint density at radius 1 is 1.03 bits per heavy atom. The fraction of sp³-hybridized carbons (Fsp3) is 0.208. The van der Waals surface area contributed by atoms with E-state index in [0.29, 0.717) is 36.3 Å². The lowest BCUT2D eigenvalue weighted by molar-refractivity contribution is -0.137. The van der Waals surface area contributed by atoms with E-state index < -0.39 is 17.6 Å². The standard InChI is InChI=1S/C24H20F3N3O3/c25-24(26,27)17-7-9-21(29-13-17)33-18-10-11-30(14-18)20-8-6-16(12-19(20)23(28)32)22(31)15-4-2-1-3-5-15/h1-9,12-13,18H,10-11,14H2,(H2,28,32)/t18-/m1/s1. The molecule has 2 heterocycles. The van der Waals surface area contributed by atoms with Gasteiger partial charge in [-0.2, -0.15) is 13.2 Å². The van der Waals surface area contributed by atoms with Crippen LogP contribution in [0.3, 0.4) is 0 Å². The van der Waals surface area contributed by atoms with Gasteiger partial charge in [-0.3, -0.25) is 9.59 Å². The number of ether oxygens (including phenoxy) is 1. The second-order valence-corrected chi connectivity index (χ2v) is 7.65. The van der Waals surface area contributed by atoms with Crippen LogP contribution < -0.4 is 15.4 Å². The average Bonchev–Trinajstić information content (AvgIpc) is 3.26. The fourth-order valence-electron chi connectivity index (χ4n) is 3.74. The molecule has 33 heavy (non-hydrogen) atoms. The number of carbonyl (C=O) groups excluding carboxylic acids is 2.